The Morgan fingerprint density at radius 1 is 1.67 bits per heavy atom. The first-order chi connectivity index (χ1) is 5.53. The van der Waals surface area contributed by atoms with Gasteiger partial charge in [0.1, 0.15) is 4.66 Å². The van der Waals surface area contributed by atoms with Gasteiger partial charge in [-0.05, 0) is 20.0 Å². The standard InChI is InChI=1S/C6H13BrN2O2S/c1-9-3-2-6(4-9)8-12(10,11)5-7/h6,8H,2-5H2,1H3. The summed E-state index contributed by atoms with van der Waals surface area (Å²) in [6.45, 7) is 1.78. The van der Waals surface area contributed by atoms with Crippen molar-refractivity contribution in [1.29, 1.82) is 0 Å². The molecule has 1 rings (SSSR count). The Morgan fingerprint density at radius 2 is 2.33 bits per heavy atom. The van der Waals surface area contributed by atoms with Gasteiger partial charge in [-0.3, -0.25) is 0 Å². The van der Waals surface area contributed by atoms with Crippen LogP contribution in [0.25, 0.3) is 0 Å². The van der Waals surface area contributed by atoms with Crippen LogP contribution in [0.2, 0.25) is 0 Å². The topological polar surface area (TPSA) is 49.4 Å². The molecule has 0 amide bonds. The van der Waals surface area contributed by atoms with E-state index in [1.165, 1.54) is 0 Å². The van der Waals surface area contributed by atoms with Crippen molar-refractivity contribution in [2.24, 2.45) is 0 Å². The van der Waals surface area contributed by atoms with Crippen LogP contribution in [0.15, 0.2) is 0 Å². The van der Waals surface area contributed by atoms with Gasteiger partial charge in [-0.25, -0.2) is 13.1 Å². The molecule has 0 saturated carbocycles. The molecule has 4 nitrogen and oxygen atoms in total. The Kier molecular flexibility index (Phi) is 3.51. The maximum Gasteiger partial charge on any atom is 0.221 e. The monoisotopic (exact) mass is 256 g/mol. The SMILES string of the molecule is CN1CCC(NS(=O)(=O)CBr)C1. The van der Waals surface area contributed by atoms with E-state index >= 15 is 0 Å². The average Bonchev–Trinajstić information content (AvgIpc) is 2.35. The van der Waals surface area contributed by atoms with Gasteiger partial charge < -0.3 is 4.90 Å². The number of hydrogen-bond acceptors (Lipinski definition) is 3. The molecule has 0 aromatic rings. The van der Waals surface area contributed by atoms with Gasteiger partial charge in [0.2, 0.25) is 10.0 Å². The van der Waals surface area contributed by atoms with Crippen LogP contribution in [0.5, 0.6) is 0 Å². The van der Waals surface area contributed by atoms with E-state index in [1.807, 2.05) is 7.05 Å². The van der Waals surface area contributed by atoms with Crippen LogP contribution in [0.3, 0.4) is 0 Å². The molecule has 12 heavy (non-hydrogen) atoms. The summed E-state index contributed by atoms with van der Waals surface area (Å²) in [5, 5.41) is 0. The molecule has 0 radical (unpaired) electrons. The molecule has 0 aromatic carbocycles. The second-order valence-corrected chi connectivity index (χ2v) is 6.15. The Bertz CT molecular complexity index is 242. The summed E-state index contributed by atoms with van der Waals surface area (Å²) in [4.78, 5) is 2.11. The van der Waals surface area contributed by atoms with Crippen LogP contribution in [0, 0.1) is 0 Å². The van der Waals surface area contributed by atoms with Gasteiger partial charge in [0.25, 0.3) is 0 Å². The number of rotatable bonds is 3. The first kappa shape index (κ1) is 10.4. The highest BCUT2D eigenvalue weighted by atomic mass is 79.9. The molecule has 1 N–H and O–H groups in total. The summed E-state index contributed by atoms with van der Waals surface area (Å²) < 4.78 is 24.8. The third-order valence-electron chi connectivity index (χ3n) is 1.88. The molecule has 0 aliphatic carbocycles. The number of likely N-dealkylation sites (tertiary alicyclic amines) is 1. The second kappa shape index (κ2) is 4.04. The Labute approximate surface area is 81.5 Å². The Hall–Kier alpha value is 0.350. The fourth-order valence-electron chi connectivity index (χ4n) is 1.32. The number of likely N-dealkylation sites (N-methyl/N-ethyl adjacent to an activating group) is 1. The summed E-state index contributed by atoms with van der Waals surface area (Å²) in [6.07, 6.45) is 0.905. The quantitative estimate of drug-likeness (QED) is 0.722. The first-order valence-corrected chi connectivity index (χ1v) is 6.55. The van der Waals surface area contributed by atoms with Crippen LogP contribution < -0.4 is 4.72 Å². The van der Waals surface area contributed by atoms with Crippen LogP contribution in [0.1, 0.15) is 6.42 Å². The second-order valence-electron chi connectivity index (χ2n) is 3.09. The van der Waals surface area contributed by atoms with Crippen LogP contribution in [-0.2, 0) is 10.0 Å². The minimum atomic E-state index is -3.09. The predicted molar refractivity (Wildman–Crippen MR) is 51.8 cm³/mol. The van der Waals surface area contributed by atoms with E-state index in [9.17, 15) is 8.42 Å². The van der Waals surface area contributed by atoms with Crippen molar-refractivity contribution in [1.82, 2.24) is 9.62 Å². The molecular weight excluding hydrogens is 244 g/mol. The maximum atomic E-state index is 11.1. The summed E-state index contributed by atoms with van der Waals surface area (Å²) in [7, 11) is -1.10. The highest BCUT2D eigenvalue weighted by Gasteiger charge is 2.23. The highest BCUT2D eigenvalue weighted by Crippen LogP contribution is 2.07. The van der Waals surface area contributed by atoms with E-state index in [2.05, 4.69) is 25.6 Å². The van der Waals surface area contributed by atoms with E-state index in [0.717, 1.165) is 19.5 Å². The van der Waals surface area contributed by atoms with Gasteiger partial charge in [-0.15, -0.1) is 0 Å². The zero-order valence-electron chi connectivity index (χ0n) is 6.96. The molecule has 1 saturated heterocycles. The van der Waals surface area contributed by atoms with Crippen molar-refractivity contribution in [2.75, 3.05) is 24.8 Å². The van der Waals surface area contributed by atoms with Crippen molar-refractivity contribution in [3.63, 3.8) is 0 Å². The summed E-state index contributed by atoms with van der Waals surface area (Å²) >= 11 is 2.93. The maximum absolute atomic E-state index is 11.1. The number of sulfonamides is 1. The van der Waals surface area contributed by atoms with E-state index < -0.39 is 10.0 Å². The van der Waals surface area contributed by atoms with Gasteiger partial charge in [0.05, 0.1) is 0 Å². The lowest BCUT2D eigenvalue weighted by atomic mass is 10.3. The molecule has 0 bridgehead atoms. The number of halogens is 1. The van der Waals surface area contributed by atoms with Gasteiger partial charge in [-0.1, -0.05) is 15.9 Å². The number of nitrogens with one attached hydrogen (secondary N) is 1. The molecule has 0 spiro atoms. The van der Waals surface area contributed by atoms with Crippen molar-refractivity contribution >= 4 is 26.0 Å². The molecule has 1 heterocycles. The third-order valence-corrected chi connectivity index (χ3v) is 4.67. The zero-order chi connectivity index (χ0) is 9.19. The van der Waals surface area contributed by atoms with Gasteiger partial charge in [0.15, 0.2) is 0 Å². The number of nitrogens with zero attached hydrogens (tertiary/aromatic N) is 1. The first-order valence-electron chi connectivity index (χ1n) is 3.78. The fraction of sp³-hybridized carbons (Fsp3) is 1.00. The normalized spacial score (nSPS) is 26.3. The highest BCUT2D eigenvalue weighted by molar-refractivity contribution is 9.10. The molecular formula is C6H13BrN2O2S. The summed E-state index contributed by atoms with van der Waals surface area (Å²) in [5.74, 6) is 0. The van der Waals surface area contributed by atoms with E-state index in [-0.39, 0.29) is 10.7 Å². The molecule has 1 unspecified atom stereocenters. The molecule has 1 aliphatic heterocycles. The van der Waals surface area contributed by atoms with E-state index in [1.54, 1.807) is 0 Å². The lowest BCUT2D eigenvalue weighted by Crippen LogP contribution is -2.36. The third kappa shape index (κ3) is 3.01. The molecule has 0 aromatic heterocycles. The molecule has 1 atom stereocenters. The summed E-state index contributed by atoms with van der Waals surface area (Å²) in [6, 6.07) is 0.0950. The minimum absolute atomic E-state index is 0.0137. The smallest absolute Gasteiger partial charge is 0.221 e. The van der Waals surface area contributed by atoms with Crippen molar-refractivity contribution in [3.8, 4) is 0 Å². The van der Waals surface area contributed by atoms with Gasteiger partial charge in [-0.2, -0.15) is 0 Å². The largest absolute Gasteiger partial charge is 0.305 e. The predicted octanol–water partition coefficient (Wildman–Crippen LogP) is -0.0377. The van der Waals surface area contributed by atoms with E-state index in [0.29, 0.717) is 0 Å². The lowest BCUT2D eigenvalue weighted by Gasteiger charge is -2.11. The molecule has 72 valence electrons. The number of alkyl halides is 1. The number of hydrogen-bond donors (Lipinski definition) is 1. The van der Waals surface area contributed by atoms with Crippen molar-refractivity contribution < 1.29 is 8.42 Å². The van der Waals surface area contributed by atoms with Crippen LogP contribution in [0.4, 0.5) is 0 Å². The van der Waals surface area contributed by atoms with Gasteiger partial charge >= 0.3 is 0 Å². The van der Waals surface area contributed by atoms with Crippen LogP contribution in [-0.4, -0.2) is 44.2 Å². The van der Waals surface area contributed by atoms with Crippen LogP contribution >= 0.6 is 15.9 Å². The fourth-order valence-corrected chi connectivity index (χ4v) is 2.48. The Morgan fingerprint density at radius 3 is 2.75 bits per heavy atom. The van der Waals surface area contributed by atoms with Gasteiger partial charge in [0, 0.05) is 12.6 Å². The molecule has 1 aliphatic rings. The zero-order valence-corrected chi connectivity index (χ0v) is 9.36. The lowest BCUT2D eigenvalue weighted by molar-refractivity contribution is 0.407. The van der Waals surface area contributed by atoms with Crippen molar-refractivity contribution in [2.45, 2.75) is 12.5 Å². The van der Waals surface area contributed by atoms with Crippen molar-refractivity contribution in [3.05, 3.63) is 0 Å². The molecule has 6 heteroatoms. The average molecular weight is 257 g/mol. The van der Waals surface area contributed by atoms with E-state index in [4.69, 9.17) is 0 Å². The molecule has 1 fully saturated rings. The minimum Gasteiger partial charge on any atom is -0.305 e. The summed E-state index contributed by atoms with van der Waals surface area (Å²) in [5.41, 5.74) is 0. The Balaban J connectivity index is 2.43.